The van der Waals surface area contributed by atoms with Crippen molar-refractivity contribution in [3.63, 3.8) is 0 Å². The average Bonchev–Trinajstić information content (AvgIpc) is 3.10. The van der Waals surface area contributed by atoms with Crippen LogP contribution in [0.1, 0.15) is 109 Å². The Morgan fingerprint density at radius 1 is 0.600 bits per heavy atom. The average molecular weight is 614 g/mol. The summed E-state index contributed by atoms with van der Waals surface area (Å²) in [5.74, 6) is 0.982. The molecule has 0 aliphatic carbocycles. The van der Waals surface area contributed by atoms with Crippen LogP contribution in [0.25, 0.3) is 0 Å². The molecule has 0 unspecified atom stereocenters. The van der Waals surface area contributed by atoms with Crippen molar-refractivity contribution < 1.29 is 4.74 Å². The zero-order chi connectivity index (χ0) is 32.1. The van der Waals surface area contributed by atoms with Crippen LogP contribution in [0.2, 0.25) is 0 Å². The van der Waals surface area contributed by atoms with Gasteiger partial charge in [0, 0.05) is 49.8 Å². The zero-order valence-electron chi connectivity index (χ0n) is 29.4. The summed E-state index contributed by atoms with van der Waals surface area (Å²) < 4.78 is 5.28. The quantitative estimate of drug-likeness (QED) is 0.260. The van der Waals surface area contributed by atoms with Gasteiger partial charge in [0.25, 0.3) is 0 Å². The van der Waals surface area contributed by atoms with Crippen molar-refractivity contribution in [1.29, 1.82) is 0 Å². The molecule has 3 heterocycles. The van der Waals surface area contributed by atoms with E-state index in [0.29, 0.717) is 0 Å². The Morgan fingerprint density at radius 2 is 1.16 bits per heavy atom. The molecule has 3 aliphatic rings. The topological polar surface area (TPSA) is 27.7 Å². The number of hydrogen-bond acceptors (Lipinski definition) is 4. The van der Waals surface area contributed by atoms with Crippen molar-refractivity contribution in [1.82, 2.24) is 0 Å². The third-order valence-corrected chi connectivity index (χ3v) is 8.93. The monoisotopic (exact) mass is 613 g/mol. The van der Waals surface area contributed by atoms with Crippen LogP contribution in [0.5, 0.6) is 5.75 Å². The Morgan fingerprint density at radius 3 is 1.76 bits per heavy atom. The molecule has 0 bridgehead atoms. The molecular formula is C41H63N3O. The summed E-state index contributed by atoms with van der Waals surface area (Å²) in [4.78, 5) is 5.06. The second-order valence-corrected chi connectivity index (χ2v) is 12.6. The molecule has 4 nitrogen and oxygen atoms in total. The number of methoxy groups -OCH3 is 1. The molecular weight excluding hydrogens is 550 g/mol. The second kappa shape index (κ2) is 21.6. The molecule has 0 aromatic heterocycles. The molecule has 1 N–H and O–H groups in total. The number of para-hydroxylation sites is 2. The van der Waals surface area contributed by atoms with Crippen LogP contribution in [0.3, 0.4) is 0 Å². The Kier molecular flexibility index (Phi) is 17.4. The van der Waals surface area contributed by atoms with Crippen LogP contribution in [0.4, 0.5) is 17.1 Å². The lowest BCUT2D eigenvalue weighted by atomic mass is 10.0. The molecule has 3 aromatic carbocycles. The summed E-state index contributed by atoms with van der Waals surface area (Å²) in [7, 11) is 1.74. The first-order chi connectivity index (χ1) is 22.1. The summed E-state index contributed by atoms with van der Waals surface area (Å²) >= 11 is 0. The van der Waals surface area contributed by atoms with Crippen molar-refractivity contribution in [2.24, 2.45) is 0 Å². The van der Waals surface area contributed by atoms with E-state index < -0.39 is 0 Å². The van der Waals surface area contributed by atoms with Gasteiger partial charge in [-0.05, 0) is 98.4 Å². The zero-order valence-corrected chi connectivity index (χ0v) is 29.4. The molecule has 6 rings (SSSR count). The van der Waals surface area contributed by atoms with Gasteiger partial charge in [-0.25, -0.2) is 0 Å². The van der Waals surface area contributed by atoms with Gasteiger partial charge in [0.15, 0.2) is 0 Å². The van der Waals surface area contributed by atoms with Crippen molar-refractivity contribution >= 4 is 17.1 Å². The van der Waals surface area contributed by atoms with Gasteiger partial charge < -0.3 is 19.9 Å². The maximum Gasteiger partial charge on any atom is 0.119 e. The highest BCUT2D eigenvalue weighted by atomic mass is 16.5. The SMILES string of the molecule is CCCCC.CCCCN1CCCc2cc(OC)ccc21.CCCCN1CCCc2ccccc21.c1ccc2c(c1)CCCN2. The maximum atomic E-state index is 5.28. The van der Waals surface area contributed by atoms with Crippen molar-refractivity contribution in [2.75, 3.05) is 55.0 Å². The summed E-state index contributed by atoms with van der Waals surface area (Å²) in [6, 6.07) is 23.8. The van der Waals surface area contributed by atoms with Gasteiger partial charge in [-0.2, -0.15) is 0 Å². The van der Waals surface area contributed by atoms with Crippen LogP contribution in [-0.4, -0.2) is 39.8 Å². The minimum absolute atomic E-state index is 0.982. The molecule has 0 amide bonds. The summed E-state index contributed by atoms with van der Waals surface area (Å²) in [5.41, 5.74) is 8.67. The number of ether oxygens (including phenoxy) is 1. The smallest absolute Gasteiger partial charge is 0.119 e. The van der Waals surface area contributed by atoms with Crippen LogP contribution < -0.4 is 19.9 Å². The highest BCUT2D eigenvalue weighted by Crippen LogP contribution is 2.30. The van der Waals surface area contributed by atoms with Gasteiger partial charge in [-0.15, -0.1) is 0 Å². The molecule has 3 aliphatic heterocycles. The number of rotatable bonds is 9. The number of anilines is 3. The van der Waals surface area contributed by atoms with Gasteiger partial charge in [0.05, 0.1) is 7.11 Å². The first kappa shape index (κ1) is 36.3. The Labute approximate surface area is 276 Å². The van der Waals surface area contributed by atoms with Gasteiger partial charge in [-0.3, -0.25) is 0 Å². The van der Waals surface area contributed by atoms with Crippen LogP contribution >= 0.6 is 0 Å². The lowest BCUT2D eigenvalue weighted by Crippen LogP contribution is -2.30. The number of fused-ring (bicyclic) bond motifs is 3. The Bertz CT molecular complexity index is 1180. The molecule has 0 saturated heterocycles. The molecule has 0 radical (unpaired) electrons. The lowest BCUT2D eigenvalue weighted by Gasteiger charge is -2.31. The first-order valence-electron chi connectivity index (χ1n) is 18.2. The normalized spacial score (nSPS) is 14.4. The number of benzene rings is 3. The molecule has 3 aromatic rings. The summed E-state index contributed by atoms with van der Waals surface area (Å²) in [6.45, 7) is 14.9. The number of unbranched alkanes of at least 4 members (excludes halogenated alkanes) is 4. The van der Waals surface area contributed by atoms with E-state index in [2.05, 4.69) is 110 Å². The van der Waals surface area contributed by atoms with E-state index in [0.717, 1.165) is 12.3 Å². The van der Waals surface area contributed by atoms with Crippen molar-refractivity contribution in [3.05, 3.63) is 83.4 Å². The summed E-state index contributed by atoms with van der Waals surface area (Å²) in [6.07, 6.45) is 16.8. The van der Waals surface area contributed by atoms with Crippen molar-refractivity contribution in [3.8, 4) is 5.75 Å². The molecule has 45 heavy (non-hydrogen) atoms. The molecule has 0 atom stereocenters. The first-order valence-corrected chi connectivity index (χ1v) is 18.2. The minimum Gasteiger partial charge on any atom is -0.497 e. The fourth-order valence-electron chi connectivity index (χ4n) is 6.32. The molecule has 0 spiro atoms. The lowest BCUT2D eigenvalue weighted by molar-refractivity contribution is 0.414. The largest absolute Gasteiger partial charge is 0.497 e. The molecule has 248 valence electrons. The van der Waals surface area contributed by atoms with Crippen molar-refractivity contribution in [2.45, 2.75) is 111 Å². The van der Waals surface area contributed by atoms with E-state index in [9.17, 15) is 0 Å². The molecule has 0 fully saturated rings. The van der Waals surface area contributed by atoms with E-state index in [1.807, 2.05) is 0 Å². The van der Waals surface area contributed by atoms with Crippen LogP contribution in [0, 0.1) is 0 Å². The summed E-state index contributed by atoms with van der Waals surface area (Å²) in [5, 5.41) is 3.36. The van der Waals surface area contributed by atoms with Gasteiger partial charge in [-0.1, -0.05) is 96.2 Å². The van der Waals surface area contributed by atoms with Crippen LogP contribution in [0.15, 0.2) is 66.7 Å². The fourth-order valence-corrected chi connectivity index (χ4v) is 6.32. The fraction of sp³-hybridized carbons (Fsp3) is 0.561. The van der Waals surface area contributed by atoms with E-state index in [4.69, 9.17) is 4.74 Å². The van der Waals surface area contributed by atoms with E-state index in [1.165, 1.54) is 143 Å². The molecule has 0 saturated carbocycles. The van der Waals surface area contributed by atoms with Gasteiger partial charge in [0.2, 0.25) is 0 Å². The number of nitrogens with zero attached hydrogens (tertiary/aromatic N) is 2. The van der Waals surface area contributed by atoms with Crippen LogP contribution in [-0.2, 0) is 19.3 Å². The van der Waals surface area contributed by atoms with E-state index in [1.54, 1.807) is 7.11 Å². The minimum atomic E-state index is 0.982. The Hall–Kier alpha value is -3.14. The number of aryl methyl sites for hydroxylation is 3. The highest BCUT2D eigenvalue weighted by molar-refractivity contribution is 5.58. The number of hydrogen-bond donors (Lipinski definition) is 1. The van der Waals surface area contributed by atoms with Gasteiger partial charge >= 0.3 is 0 Å². The maximum absolute atomic E-state index is 5.28. The Balaban J connectivity index is 0.000000174. The predicted octanol–water partition coefficient (Wildman–Crippen LogP) is 10.7. The second-order valence-electron chi connectivity index (χ2n) is 12.6. The third kappa shape index (κ3) is 12.3. The van der Waals surface area contributed by atoms with E-state index >= 15 is 0 Å². The molecule has 4 heteroatoms. The number of nitrogens with one attached hydrogen (secondary N) is 1. The van der Waals surface area contributed by atoms with Gasteiger partial charge in [0.1, 0.15) is 5.75 Å². The third-order valence-electron chi connectivity index (χ3n) is 8.93. The van der Waals surface area contributed by atoms with E-state index in [-0.39, 0.29) is 0 Å². The standard InChI is InChI=1S/C14H21NO.C13H19N.C9H11N.C5H12/c1-3-4-9-15-10-5-6-12-11-13(16-2)7-8-14(12)15;1-2-3-10-14-11-6-8-12-7-4-5-9-13(12)14;1-2-6-9-8(4-1)5-3-7-10-9;1-3-5-4-2/h7-8,11H,3-6,9-10H2,1-2H3;4-5,7,9H,2-3,6,8,10-11H2,1H3;1-2,4,6,10H,3,5,7H2;3-5H2,1-2H3. The predicted molar refractivity (Wildman–Crippen MR) is 199 cm³/mol. The highest BCUT2D eigenvalue weighted by Gasteiger charge is 2.17.